The SMILES string of the molecule is COCC(C)n1c(SCC(=O)Nc2ccc(-c3nc4ccc(C)cc4s3)cc2)nc2ccccc2c1=O. The summed E-state index contributed by atoms with van der Waals surface area (Å²) in [5.74, 6) is -0.0646. The molecule has 188 valence electrons. The average Bonchev–Trinajstić information content (AvgIpc) is 3.31. The van der Waals surface area contributed by atoms with Gasteiger partial charge in [-0.15, -0.1) is 11.3 Å². The number of methoxy groups -OCH3 is 1. The van der Waals surface area contributed by atoms with Crippen molar-refractivity contribution in [1.82, 2.24) is 14.5 Å². The van der Waals surface area contributed by atoms with Gasteiger partial charge in [0, 0.05) is 18.4 Å². The number of fused-ring (bicyclic) bond motifs is 2. The standard InChI is InChI=1S/C28H26N4O3S2/c1-17-8-13-23-24(14-17)37-26(30-23)19-9-11-20(12-10-19)29-25(33)16-36-28-31-22-7-5-4-6-21(22)27(34)32(28)18(2)15-35-3/h4-14,18H,15-16H2,1-3H3,(H,29,33). The summed E-state index contributed by atoms with van der Waals surface area (Å²) in [7, 11) is 1.60. The van der Waals surface area contributed by atoms with Crippen molar-refractivity contribution in [3.8, 4) is 10.6 Å². The molecule has 3 aromatic carbocycles. The van der Waals surface area contributed by atoms with Crippen LogP contribution >= 0.6 is 23.1 Å². The van der Waals surface area contributed by atoms with Crippen LogP contribution < -0.4 is 10.9 Å². The van der Waals surface area contributed by atoms with Crippen molar-refractivity contribution >= 4 is 55.8 Å². The van der Waals surface area contributed by atoms with Gasteiger partial charge in [-0.1, -0.05) is 30.0 Å². The molecular weight excluding hydrogens is 504 g/mol. The molecule has 0 aliphatic carbocycles. The van der Waals surface area contributed by atoms with Gasteiger partial charge < -0.3 is 10.1 Å². The number of rotatable bonds is 8. The summed E-state index contributed by atoms with van der Waals surface area (Å²) in [6.07, 6.45) is 0. The third kappa shape index (κ3) is 5.44. The molecule has 0 spiro atoms. The number of carbonyl (C=O) groups is 1. The Morgan fingerprint density at radius 1 is 1.08 bits per heavy atom. The van der Waals surface area contributed by atoms with Crippen LogP contribution in [0.3, 0.4) is 0 Å². The van der Waals surface area contributed by atoms with E-state index in [2.05, 4.69) is 29.4 Å². The number of nitrogens with zero attached hydrogens (tertiary/aromatic N) is 3. The largest absolute Gasteiger partial charge is 0.383 e. The van der Waals surface area contributed by atoms with E-state index in [1.54, 1.807) is 35.1 Å². The molecule has 1 amide bonds. The molecule has 0 aliphatic rings. The zero-order valence-corrected chi connectivity index (χ0v) is 22.4. The van der Waals surface area contributed by atoms with E-state index < -0.39 is 0 Å². The first-order valence-corrected chi connectivity index (χ1v) is 13.6. The number of anilines is 1. The minimum Gasteiger partial charge on any atom is -0.383 e. The molecule has 1 N–H and O–H groups in total. The van der Waals surface area contributed by atoms with Gasteiger partial charge in [0.1, 0.15) is 5.01 Å². The van der Waals surface area contributed by atoms with E-state index >= 15 is 0 Å². The van der Waals surface area contributed by atoms with Crippen LogP contribution in [-0.2, 0) is 9.53 Å². The summed E-state index contributed by atoms with van der Waals surface area (Å²) < 4.78 is 8.04. The van der Waals surface area contributed by atoms with Gasteiger partial charge in [-0.25, -0.2) is 9.97 Å². The third-order valence-electron chi connectivity index (χ3n) is 5.92. The van der Waals surface area contributed by atoms with Crippen LogP contribution in [0.4, 0.5) is 5.69 Å². The Balaban J connectivity index is 1.30. The van der Waals surface area contributed by atoms with Crippen LogP contribution in [0.5, 0.6) is 0 Å². The van der Waals surface area contributed by atoms with Crippen molar-refractivity contribution in [2.75, 3.05) is 24.8 Å². The maximum atomic E-state index is 13.2. The van der Waals surface area contributed by atoms with Crippen molar-refractivity contribution in [3.63, 3.8) is 0 Å². The Labute approximate surface area is 222 Å². The highest BCUT2D eigenvalue weighted by Crippen LogP contribution is 2.31. The number of hydrogen-bond acceptors (Lipinski definition) is 7. The average molecular weight is 531 g/mol. The summed E-state index contributed by atoms with van der Waals surface area (Å²) >= 11 is 2.89. The van der Waals surface area contributed by atoms with Crippen LogP contribution in [0.25, 0.3) is 31.7 Å². The second-order valence-electron chi connectivity index (χ2n) is 8.80. The lowest BCUT2D eigenvalue weighted by Crippen LogP contribution is -2.29. The van der Waals surface area contributed by atoms with Crippen molar-refractivity contribution in [2.24, 2.45) is 0 Å². The van der Waals surface area contributed by atoms with Gasteiger partial charge in [-0.2, -0.15) is 0 Å². The molecule has 1 atom stereocenters. The van der Waals surface area contributed by atoms with E-state index in [0.717, 1.165) is 20.8 Å². The van der Waals surface area contributed by atoms with Crippen molar-refractivity contribution < 1.29 is 9.53 Å². The summed E-state index contributed by atoms with van der Waals surface area (Å²) in [6.45, 7) is 4.34. The number of thioether (sulfide) groups is 1. The second-order valence-corrected chi connectivity index (χ2v) is 10.8. The molecule has 2 aromatic heterocycles. The lowest BCUT2D eigenvalue weighted by Gasteiger charge is -2.18. The molecule has 0 saturated heterocycles. The summed E-state index contributed by atoms with van der Waals surface area (Å²) in [5.41, 5.74) is 4.37. The topological polar surface area (TPSA) is 86.1 Å². The monoisotopic (exact) mass is 530 g/mol. The molecule has 0 fully saturated rings. The molecular formula is C28H26N4O3S2. The van der Waals surface area contributed by atoms with E-state index in [-0.39, 0.29) is 23.3 Å². The zero-order chi connectivity index (χ0) is 25.9. The Bertz CT molecular complexity index is 1640. The molecule has 9 heteroatoms. The number of para-hydroxylation sites is 1. The Hall–Kier alpha value is -3.53. The molecule has 5 aromatic rings. The van der Waals surface area contributed by atoms with Gasteiger partial charge >= 0.3 is 0 Å². The first-order chi connectivity index (χ1) is 17.9. The van der Waals surface area contributed by atoms with Gasteiger partial charge in [0.25, 0.3) is 5.56 Å². The normalized spacial score (nSPS) is 12.2. The number of carbonyl (C=O) groups excluding carboxylic acids is 1. The van der Waals surface area contributed by atoms with E-state index in [1.807, 2.05) is 49.4 Å². The van der Waals surface area contributed by atoms with Gasteiger partial charge in [-0.05, 0) is 67.9 Å². The highest BCUT2D eigenvalue weighted by molar-refractivity contribution is 7.99. The molecule has 7 nitrogen and oxygen atoms in total. The number of ether oxygens (including phenoxy) is 1. The van der Waals surface area contributed by atoms with E-state index in [9.17, 15) is 9.59 Å². The van der Waals surface area contributed by atoms with Crippen LogP contribution in [0, 0.1) is 6.92 Å². The van der Waals surface area contributed by atoms with Gasteiger partial charge in [0.05, 0.1) is 39.5 Å². The number of amides is 1. The predicted molar refractivity (Wildman–Crippen MR) is 152 cm³/mol. The fraction of sp³-hybridized carbons (Fsp3) is 0.214. The molecule has 0 saturated carbocycles. The smallest absolute Gasteiger partial charge is 0.262 e. The Morgan fingerprint density at radius 2 is 1.86 bits per heavy atom. The number of aromatic nitrogens is 3. The van der Waals surface area contributed by atoms with Crippen molar-refractivity contribution in [3.05, 3.63) is 82.6 Å². The van der Waals surface area contributed by atoms with Gasteiger partial charge in [-0.3, -0.25) is 14.2 Å². The number of benzene rings is 3. The summed E-state index contributed by atoms with van der Waals surface area (Å²) in [4.78, 5) is 35.3. The number of nitrogens with one attached hydrogen (secondary N) is 1. The molecule has 1 unspecified atom stereocenters. The minimum absolute atomic E-state index is 0.115. The first-order valence-electron chi connectivity index (χ1n) is 11.8. The van der Waals surface area contributed by atoms with E-state index in [0.29, 0.717) is 28.4 Å². The Morgan fingerprint density at radius 3 is 2.65 bits per heavy atom. The van der Waals surface area contributed by atoms with Crippen LogP contribution in [0.1, 0.15) is 18.5 Å². The van der Waals surface area contributed by atoms with Gasteiger partial charge in [0.15, 0.2) is 5.16 Å². The molecule has 37 heavy (non-hydrogen) atoms. The lowest BCUT2D eigenvalue weighted by atomic mass is 10.2. The fourth-order valence-electron chi connectivity index (χ4n) is 4.11. The molecule has 0 bridgehead atoms. The predicted octanol–water partition coefficient (Wildman–Crippen LogP) is 5.92. The minimum atomic E-state index is -0.223. The number of thiazole rings is 1. The molecule has 2 heterocycles. The first kappa shape index (κ1) is 25.1. The lowest BCUT2D eigenvalue weighted by molar-refractivity contribution is -0.113. The Kier molecular flexibility index (Phi) is 7.36. The highest BCUT2D eigenvalue weighted by Gasteiger charge is 2.18. The van der Waals surface area contributed by atoms with E-state index in [1.165, 1.54) is 17.3 Å². The van der Waals surface area contributed by atoms with Crippen LogP contribution in [0.15, 0.2) is 76.7 Å². The van der Waals surface area contributed by atoms with E-state index in [4.69, 9.17) is 9.72 Å². The quantitative estimate of drug-likeness (QED) is 0.198. The maximum absolute atomic E-state index is 13.2. The van der Waals surface area contributed by atoms with Gasteiger partial charge in [0.2, 0.25) is 5.91 Å². The van der Waals surface area contributed by atoms with Crippen molar-refractivity contribution in [2.45, 2.75) is 25.0 Å². The van der Waals surface area contributed by atoms with Crippen LogP contribution in [-0.4, -0.2) is 39.9 Å². The molecule has 0 radical (unpaired) electrons. The maximum Gasteiger partial charge on any atom is 0.262 e. The highest BCUT2D eigenvalue weighted by atomic mass is 32.2. The second kappa shape index (κ2) is 10.8. The number of hydrogen-bond donors (Lipinski definition) is 1. The zero-order valence-electron chi connectivity index (χ0n) is 20.7. The molecule has 5 rings (SSSR count). The van der Waals surface area contributed by atoms with Crippen molar-refractivity contribution in [1.29, 1.82) is 0 Å². The third-order valence-corrected chi connectivity index (χ3v) is 7.94. The molecule has 0 aliphatic heterocycles. The fourth-order valence-corrected chi connectivity index (χ4v) is 6.08. The summed E-state index contributed by atoms with van der Waals surface area (Å²) in [6, 6.07) is 20.9. The van der Waals surface area contributed by atoms with Crippen LogP contribution in [0.2, 0.25) is 0 Å². The summed E-state index contributed by atoms with van der Waals surface area (Å²) in [5, 5.41) is 4.91. The number of aryl methyl sites for hydroxylation is 1.